The molecule has 1 aliphatic heterocycles. The molecule has 4 rings (SSSR count). The van der Waals surface area contributed by atoms with Crippen LogP contribution < -0.4 is 5.73 Å². The fourth-order valence-corrected chi connectivity index (χ4v) is 5.38. The van der Waals surface area contributed by atoms with Gasteiger partial charge in [-0.2, -0.15) is 5.26 Å². The third kappa shape index (κ3) is 2.04. The molecule has 1 heterocycles. The molecule has 0 radical (unpaired) electrons. The smallest absolute Gasteiger partial charge is 0.184 e. The maximum absolute atomic E-state index is 10.5. The monoisotopic (exact) mass is 336 g/mol. The molecule has 0 unspecified atom stereocenters. The van der Waals surface area contributed by atoms with Crippen LogP contribution in [0.25, 0.3) is 0 Å². The molecule has 0 saturated heterocycles. The van der Waals surface area contributed by atoms with E-state index < -0.39 is 5.66 Å². The van der Waals surface area contributed by atoms with Crippen LogP contribution in [0.5, 0.6) is 0 Å². The van der Waals surface area contributed by atoms with Gasteiger partial charge in [-0.1, -0.05) is 19.9 Å². The zero-order chi connectivity index (χ0) is 18.0. The van der Waals surface area contributed by atoms with Crippen molar-refractivity contribution in [1.29, 1.82) is 5.26 Å². The van der Waals surface area contributed by atoms with Crippen LogP contribution in [0.2, 0.25) is 0 Å². The number of nitrogens with two attached hydrogens (primary N) is 1. The van der Waals surface area contributed by atoms with Gasteiger partial charge in [0.2, 0.25) is 0 Å². The molecular formula is C20H24N4O. The predicted octanol–water partition coefficient (Wildman–Crippen LogP) is 2.51. The molecule has 0 amide bonds. The van der Waals surface area contributed by atoms with Crippen molar-refractivity contribution < 1.29 is 5.11 Å². The first kappa shape index (κ1) is 16.3. The van der Waals surface area contributed by atoms with Crippen molar-refractivity contribution in [2.45, 2.75) is 51.8 Å². The average molecular weight is 336 g/mol. The molecule has 3 aliphatic rings. The number of aliphatic imine (C=N–C) groups is 2. The van der Waals surface area contributed by atoms with Crippen LogP contribution in [0.4, 0.5) is 0 Å². The first-order valence-corrected chi connectivity index (χ1v) is 8.96. The van der Waals surface area contributed by atoms with E-state index in [1.807, 2.05) is 25.1 Å². The summed E-state index contributed by atoms with van der Waals surface area (Å²) in [5.74, 6) is 0.844. The van der Waals surface area contributed by atoms with Gasteiger partial charge >= 0.3 is 0 Å². The van der Waals surface area contributed by atoms with E-state index in [4.69, 9.17) is 15.7 Å². The fraction of sp³-hybridized carbons (Fsp3) is 0.550. The van der Waals surface area contributed by atoms with Crippen LogP contribution in [0.3, 0.4) is 0 Å². The lowest BCUT2D eigenvalue weighted by atomic mass is 9.59. The molecule has 130 valence electrons. The van der Waals surface area contributed by atoms with Gasteiger partial charge in [0.25, 0.3) is 0 Å². The average Bonchev–Trinajstić information content (AvgIpc) is 3.00. The number of hydrogen-bond donors (Lipinski definition) is 2. The SMILES string of the molecule is CC1=N[C@]2(N=C1N)c1cc(C#N)ccc1C[C@@]21C[C@@H](C)[C@H](O)[C@@H](C)C1. The van der Waals surface area contributed by atoms with Crippen LogP contribution in [0.15, 0.2) is 28.2 Å². The van der Waals surface area contributed by atoms with E-state index in [0.717, 1.165) is 30.5 Å². The first-order valence-electron chi connectivity index (χ1n) is 8.96. The van der Waals surface area contributed by atoms with E-state index in [1.54, 1.807) is 0 Å². The molecule has 3 N–H and O–H groups in total. The summed E-state index contributed by atoms with van der Waals surface area (Å²) in [4.78, 5) is 9.87. The summed E-state index contributed by atoms with van der Waals surface area (Å²) in [7, 11) is 0. The van der Waals surface area contributed by atoms with Crippen LogP contribution in [0, 0.1) is 28.6 Å². The van der Waals surface area contributed by atoms with Gasteiger partial charge in [-0.25, -0.2) is 4.99 Å². The van der Waals surface area contributed by atoms with Crippen molar-refractivity contribution in [2.24, 2.45) is 33.0 Å². The van der Waals surface area contributed by atoms with E-state index in [0.29, 0.717) is 11.4 Å². The van der Waals surface area contributed by atoms with E-state index in [1.165, 1.54) is 5.56 Å². The van der Waals surface area contributed by atoms with Crippen LogP contribution >= 0.6 is 0 Å². The van der Waals surface area contributed by atoms with Crippen molar-refractivity contribution in [3.8, 4) is 6.07 Å². The summed E-state index contributed by atoms with van der Waals surface area (Å²) < 4.78 is 0. The lowest BCUT2D eigenvalue weighted by Crippen LogP contribution is -2.49. The minimum absolute atomic E-state index is 0.179. The number of fused-ring (bicyclic) bond motifs is 3. The zero-order valence-corrected chi connectivity index (χ0v) is 15.0. The lowest BCUT2D eigenvalue weighted by molar-refractivity contribution is -0.0529. The standard InChI is InChI=1S/C20H24N4O/c1-11-7-19(8-12(2)17(11)25)9-15-5-4-14(10-21)6-16(15)20(19)23-13(3)18(22)24-20/h4-6,11-12,17,25H,7-9H2,1-3H3,(H2,22,24)/t11-,12+,17+,19+,20-/m0/s1. The minimum Gasteiger partial charge on any atom is -0.393 e. The van der Waals surface area contributed by atoms with Crippen molar-refractivity contribution in [1.82, 2.24) is 0 Å². The molecule has 0 bridgehead atoms. The number of aliphatic hydroxyl groups excluding tert-OH is 1. The van der Waals surface area contributed by atoms with Gasteiger partial charge in [-0.3, -0.25) is 4.99 Å². The Balaban J connectivity index is 1.94. The Bertz CT molecular complexity index is 818. The third-order valence-corrected chi connectivity index (χ3v) is 6.46. The lowest BCUT2D eigenvalue weighted by Gasteiger charge is -2.49. The zero-order valence-electron chi connectivity index (χ0n) is 15.0. The van der Waals surface area contributed by atoms with Crippen molar-refractivity contribution in [3.05, 3.63) is 34.9 Å². The molecular weight excluding hydrogens is 312 g/mol. The van der Waals surface area contributed by atoms with Crippen LogP contribution in [0.1, 0.15) is 50.3 Å². The second kappa shape index (κ2) is 5.15. The largest absolute Gasteiger partial charge is 0.393 e. The number of nitriles is 1. The van der Waals surface area contributed by atoms with E-state index >= 15 is 0 Å². The number of nitrogens with zero attached hydrogens (tertiary/aromatic N) is 3. The quantitative estimate of drug-likeness (QED) is 0.762. The van der Waals surface area contributed by atoms with Gasteiger partial charge in [-0.05, 0) is 55.7 Å². The number of amidine groups is 1. The highest BCUT2D eigenvalue weighted by molar-refractivity contribution is 6.41. The van der Waals surface area contributed by atoms with Gasteiger partial charge < -0.3 is 10.8 Å². The van der Waals surface area contributed by atoms with Crippen molar-refractivity contribution in [2.75, 3.05) is 0 Å². The summed E-state index contributed by atoms with van der Waals surface area (Å²) in [6.45, 7) is 6.12. The van der Waals surface area contributed by atoms with Gasteiger partial charge in [0, 0.05) is 11.0 Å². The summed E-state index contributed by atoms with van der Waals surface area (Å²) >= 11 is 0. The second-order valence-electron chi connectivity index (χ2n) is 8.16. The summed E-state index contributed by atoms with van der Waals surface area (Å²) in [6.07, 6.45) is 2.27. The Morgan fingerprint density at radius 2 is 1.92 bits per heavy atom. The van der Waals surface area contributed by atoms with E-state index in [2.05, 4.69) is 19.9 Å². The molecule has 2 aliphatic carbocycles. The maximum atomic E-state index is 10.5. The summed E-state index contributed by atoms with van der Waals surface area (Å²) in [5.41, 5.74) is 8.82. The van der Waals surface area contributed by atoms with Crippen molar-refractivity contribution in [3.63, 3.8) is 0 Å². The number of benzene rings is 1. The van der Waals surface area contributed by atoms with Gasteiger partial charge in [0.15, 0.2) is 5.66 Å². The highest BCUT2D eigenvalue weighted by Crippen LogP contribution is 2.63. The molecule has 1 fully saturated rings. The first-order chi connectivity index (χ1) is 11.8. The fourth-order valence-electron chi connectivity index (χ4n) is 5.38. The van der Waals surface area contributed by atoms with Crippen LogP contribution in [-0.2, 0) is 12.1 Å². The second-order valence-corrected chi connectivity index (χ2v) is 8.16. The highest BCUT2D eigenvalue weighted by atomic mass is 16.3. The Morgan fingerprint density at radius 1 is 1.24 bits per heavy atom. The topological polar surface area (TPSA) is 94.8 Å². The van der Waals surface area contributed by atoms with Gasteiger partial charge in [0.05, 0.1) is 23.4 Å². The minimum atomic E-state index is -0.744. The van der Waals surface area contributed by atoms with Crippen LogP contribution in [-0.4, -0.2) is 22.8 Å². The molecule has 1 saturated carbocycles. The predicted molar refractivity (Wildman–Crippen MR) is 97.3 cm³/mol. The molecule has 1 aromatic carbocycles. The molecule has 1 aromatic rings. The number of aliphatic hydroxyl groups is 1. The molecule has 2 spiro atoms. The summed E-state index contributed by atoms with van der Waals surface area (Å²) in [5, 5.41) is 19.8. The molecule has 0 aromatic heterocycles. The van der Waals surface area contributed by atoms with E-state index in [9.17, 15) is 10.4 Å². The Hall–Kier alpha value is -2.19. The summed E-state index contributed by atoms with van der Waals surface area (Å²) in [6, 6.07) is 8.08. The Labute approximate surface area is 148 Å². The van der Waals surface area contributed by atoms with Gasteiger partial charge in [0.1, 0.15) is 5.84 Å². The Morgan fingerprint density at radius 3 is 2.48 bits per heavy atom. The molecule has 25 heavy (non-hydrogen) atoms. The Kier molecular flexibility index (Phi) is 3.36. The maximum Gasteiger partial charge on any atom is 0.184 e. The van der Waals surface area contributed by atoms with Crippen molar-refractivity contribution >= 4 is 11.5 Å². The van der Waals surface area contributed by atoms with Gasteiger partial charge in [-0.15, -0.1) is 0 Å². The third-order valence-electron chi connectivity index (χ3n) is 6.46. The molecule has 5 atom stereocenters. The van der Waals surface area contributed by atoms with E-state index in [-0.39, 0.29) is 23.4 Å². The normalized spacial score (nSPS) is 39.2. The molecule has 5 heteroatoms. The number of rotatable bonds is 0. The molecule has 5 nitrogen and oxygen atoms in total. The highest BCUT2D eigenvalue weighted by Gasteiger charge is 2.62. The number of hydrogen-bond acceptors (Lipinski definition) is 5.